The Hall–Kier alpha value is -3.06. The fraction of sp³-hybridized carbons (Fsp3) is 0.227. The van der Waals surface area contributed by atoms with Gasteiger partial charge >= 0.3 is 0 Å². The Labute approximate surface area is 173 Å². The molecule has 0 fully saturated rings. The lowest BCUT2D eigenvalue weighted by atomic mass is 10.2. The first-order valence-corrected chi connectivity index (χ1v) is 10.6. The van der Waals surface area contributed by atoms with Crippen molar-refractivity contribution in [3.8, 4) is 5.69 Å². The number of aromatic nitrogens is 2. The number of aryl methyl sites for hydroxylation is 1. The summed E-state index contributed by atoms with van der Waals surface area (Å²) in [5, 5.41) is 4.53. The molecule has 29 heavy (non-hydrogen) atoms. The van der Waals surface area contributed by atoms with Gasteiger partial charge in [0.25, 0.3) is 5.91 Å². The summed E-state index contributed by atoms with van der Waals surface area (Å²) in [6.07, 6.45) is 2.71. The summed E-state index contributed by atoms with van der Waals surface area (Å²) in [6, 6.07) is 17.8. The Bertz CT molecular complexity index is 1030. The molecule has 2 aromatic carbocycles. The average molecular weight is 407 g/mol. The molecule has 0 bridgehead atoms. The number of rotatable bonds is 5. The van der Waals surface area contributed by atoms with Crippen molar-refractivity contribution in [2.24, 2.45) is 0 Å². The molecule has 0 radical (unpaired) electrons. The number of hydrazine groups is 1. The van der Waals surface area contributed by atoms with Gasteiger partial charge in [-0.05, 0) is 50.5 Å². The van der Waals surface area contributed by atoms with Gasteiger partial charge in [0.15, 0.2) is 5.69 Å². The zero-order valence-electron chi connectivity index (χ0n) is 16.1. The highest BCUT2D eigenvalue weighted by Crippen LogP contribution is 2.27. The van der Waals surface area contributed by atoms with Gasteiger partial charge in [0, 0.05) is 16.2 Å². The van der Waals surface area contributed by atoms with E-state index >= 15 is 0 Å². The first-order chi connectivity index (χ1) is 14.1. The van der Waals surface area contributed by atoms with Crippen LogP contribution in [0.25, 0.3) is 5.69 Å². The summed E-state index contributed by atoms with van der Waals surface area (Å²) in [6.45, 7) is 2.02. The van der Waals surface area contributed by atoms with E-state index in [-0.39, 0.29) is 17.6 Å². The van der Waals surface area contributed by atoms with Gasteiger partial charge in [-0.15, -0.1) is 11.8 Å². The van der Waals surface area contributed by atoms with Crippen LogP contribution in [0.15, 0.2) is 59.5 Å². The molecule has 1 heterocycles. The molecule has 0 saturated heterocycles. The Balaban J connectivity index is 1.39. The lowest BCUT2D eigenvalue weighted by Gasteiger charge is -2.07. The molecule has 0 saturated carbocycles. The number of hydrogen-bond acceptors (Lipinski definition) is 4. The molecule has 2 amide bonds. The van der Waals surface area contributed by atoms with Crippen LogP contribution in [-0.2, 0) is 17.6 Å². The molecule has 7 heteroatoms. The molecular weight excluding hydrogens is 384 g/mol. The molecule has 0 spiro atoms. The zero-order valence-corrected chi connectivity index (χ0v) is 17.0. The third-order valence-electron chi connectivity index (χ3n) is 4.85. The van der Waals surface area contributed by atoms with Crippen molar-refractivity contribution in [1.82, 2.24) is 20.6 Å². The Morgan fingerprint density at radius 3 is 2.55 bits per heavy atom. The Morgan fingerprint density at radius 2 is 1.79 bits per heavy atom. The number of nitrogens with one attached hydrogen (secondary N) is 2. The van der Waals surface area contributed by atoms with Crippen molar-refractivity contribution >= 4 is 23.6 Å². The van der Waals surface area contributed by atoms with Crippen molar-refractivity contribution in [2.75, 3.05) is 5.75 Å². The minimum atomic E-state index is -0.383. The monoisotopic (exact) mass is 406 g/mol. The predicted molar refractivity (Wildman–Crippen MR) is 113 cm³/mol. The summed E-state index contributed by atoms with van der Waals surface area (Å²) in [7, 11) is 0. The van der Waals surface area contributed by atoms with Gasteiger partial charge in [0.05, 0.1) is 11.4 Å². The largest absolute Gasteiger partial charge is 0.290 e. The fourth-order valence-corrected chi connectivity index (χ4v) is 4.11. The van der Waals surface area contributed by atoms with Crippen LogP contribution in [0.5, 0.6) is 0 Å². The minimum Gasteiger partial charge on any atom is -0.272 e. The summed E-state index contributed by atoms with van der Waals surface area (Å²) >= 11 is 1.42. The second-order valence-electron chi connectivity index (χ2n) is 6.98. The van der Waals surface area contributed by atoms with E-state index in [9.17, 15) is 9.59 Å². The number of hydrogen-bond donors (Lipinski definition) is 2. The van der Waals surface area contributed by atoms with E-state index in [2.05, 4.69) is 16.0 Å². The second-order valence-corrected chi connectivity index (χ2v) is 8.03. The van der Waals surface area contributed by atoms with Gasteiger partial charge in [-0.3, -0.25) is 20.4 Å². The third-order valence-corrected chi connectivity index (χ3v) is 5.86. The molecule has 0 unspecified atom stereocenters. The number of benzene rings is 2. The Morgan fingerprint density at radius 1 is 1.03 bits per heavy atom. The average Bonchev–Trinajstić information content (AvgIpc) is 3.35. The molecule has 1 aliphatic rings. The maximum atomic E-state index is 12.7. The van der Waals surface area contributed by atoms with Crippen molar-refractivity contribution < 1.29 is 9.59 Å². The number of para-hydroxylation sites is 1. The summed E-state index contributed by atoms with van der Waals surface area (Å²) in [5.74, 6) is -0.422. The van der Waals surface area contributed by atoms with E-state index in [0.717, 1.165) is 41.1 Å². The minimum absolute atomic E-state index is 0.222. The summed E-state index contributed by atoms with van der Waals surface area (Å²) in [5.41, 5.74) is 9.53. The molecule has 148 valence electrons. The highest BCUT2D eigenvalue weighted by Gasteiger charge is 2.27. The molecule has 3 aromatic rings. The lowest BCUT2D eigenvalue weighted by molar-refractivity contribution is -0.119. The molecular formula is C22H22N4O2S. The number of carbonyl (C=O) groups excluding carboxylic acids is 2. The molecule has 4 rings (SSSR count). The van der Waals surface area contributed by atoms with Crippen molar-refractivity contribution in [1.29, 1.82) is 0 Å². The zero-order chi connectivity index (χ0) is 20.2. The van der Waals surface area contributed by atoms with Crippen LogP contribution >= 0.6 is 11.8 Å². The van der Waals surface area contributed by atoms with Crippen LogP contribution in [0.1, 0.15) is 33.7 Å². The van der Waals surface area contributed by atoms with Crippen LogP contribution in [0, 0.1) is 6.92 Å². The van der Waals surface area contributed by atoms with Crippen molar-refractivity contribution in [3.05, 3.63) is 77.1 Å². The van der Waals surface area contributed by atoms with E-state index in [1.54, 1.807) is 0 Å². The molecule has 2 N–H and O–H groups in total. The number of amides is 2. The highest BCUT2D eigenvalue weighted by atomic mass is 32.2. The lowest BCUT2D eigenvalue weighted by Crippen LogP contribution is -2.43. The van der Waals surface area contributed by atoms with Gasteiger partial charge in [-0.25, -0.2) is 4.68 Å². The van der Waals surface area contributed by atoms with E-state index in [1.807, 2.05) is 66.2 Å². The van der Waals surface area contributed by atoms with E-state index in [0.29, 0.717) is 5.69 Å². The normalized spacial score (nSPS) is 12.4. The molecule has 6 nitrogen and oxygen atoms in total. The quantitative estimate of drug-likeness (QED) is 0.504. The van der Waals surface area contributed by atoms with Crippen molar-refractivity contribution in [3.63, 3.8) is 0 Å². The fourth-order valence-electron chi connectivity index (χ4n) is 3.41. The Kier molecular flexibility index (Phi) is 5.67. The van der Waals surface area contributed by atoms with Crippen LogP contribution in [-0.4, -0.2) is 27.3 Å². The molecule has 0 aliphatic heterocycles. The van der Waals surface area contributed by atoms with Gasteiger partial charge in [-0.2, -0.15) is 5.10 Å². The number of carbonyl (C=O) groups is 2. The van der Waals surface area contributed by atoms with E-state index < -0.39 is 0 Å². The molecule has 0 atom stereocenters. The smallest absolute Gasteiger partial charge is 0.272 e. The van der Waals surface area contributed by atoms with Crippen LogP contribution < -0.4 is 10.9 Å². The van der Waals surface area contributed by atoms with Crippen LogP contribution in [0.4, 0.5) is 0 Å². The number of thioether (sulfide) groups is 1. The van der Waals surface area contributed by atoms with Gasteiger partial charge in [0.1, 0.15) is 0 Å². The molecule has 1 aliphatic carbocycles. The maximum Gasteiger partial charge on any atom is 0.290 e. The second kappa shape index (κ2) is 8.53. The number of nitrogens with zero attached hydrogens (tertiary/aromatic N) is 2. The maximum absolute atomic E-state index is 12.7. The third kappa shape index (κ3) is 4.35. The highest BCUT2D eigenvalue weighted by molar-refractivity contribution is 8.00. The van der Waals surface area contributed by atoms with Crippen molar-refractivity contribution in [2.45, 2.75) is 31.1 Å². The predicted octanol–water partition coefficient (Wildman–Crippen LogP) is 3.22. The van der Waals surface area contributed by atoms with Crippen LogP contribution in [0.3, 0.4) is 0 Å². The van der Waals surface area contributed by atoms with E-state index in [1.165, 1.54) is 17.3 Å². The summed E-state index contributed by atoms with van der Waals surface area (Å²) < 4.78 is 1.84. The van der Waals surface area contributed by atoms with Gasteiger partial charge < -0.3 is 0 Å². The number of fused-ring (bicyclic) bond motifs is 1. The topological polar surface area (TPSA) is 76.0 Å². The summed E-state index contributed by atoms with van der Waals surface area (Å²) in [4.78, 5) is 25.8. The van der Waals surface area contributed by atoms with Gasteiger partial charge in [0.2, 0.25) is 5.91 Å². The molecule has 1 aromatic heterocycles. The van der Waals surface area contributed by atoms with E-state index in [4.69, 9.17) is 0 Å². The first-order valence-electron chi connectivity index (χ1n) is 9.56. The SMILES string of the molecule is Cc1ccc(SCC(=O)NNC(=O)c2nn(-c3ccccc3)c3c2CCC3)cc1. The standard InChI is InChI=1S/C22H22N4O2S/c1-15-10-12-17(13-11-15)29-14-20(27)23-24-22(28)21-18-8-5-9-19(18)26(25-21)16-6-3-2-4-7-16/h2-4,6-7,10-13H,5,8-9,14H2,1H3,(H,23,27)(H,24,28). The first kappa shape index (κ1) is 19.3. The van der Waals surface area contributed by atoms with Gasteiger partial charge in [-0.1, -0.05) is 35.9 Å². The van der Waals surface area contributed by atoms with Crippen LogP contribution in [0.2, 0.25) is 0 Å².